The van der Waals surface area contributed by atoms with Crippen LogP contribution in [0.4, 0.5) is 0 Å². The lowest BCUT2D eigenvalue weighted by molar-refractivity contribution is -0.287. The monoisotopic (exact) mass is 1870 g/mol. The number of carbonyl (C=O) groups excluding carboxylic acids is 6. The highest BCUT2D eigenvalue weighted by atomic mass is 16.6. The van der Waals surface area contributed by atoms with Crippen LogP contribution in [0.3, 0.4) is 0 Å². The minimum Gasteiger partial charge on any atom is -0.465 e. The average Bonchev–Trinajstić information content (AvgIpc) is 0.519. The van der Waals surface area contributed by atoms with Gasteiger partial charge < -0.3 is 99.9 Å². The normalized spacial score (nSPS) is 44.9. The average molecular weight is 1870 g/mol. The molecule has 24 rings (SSSR count). The number of aliphatic hydroxyl groups is 14. The van der Waals surface area contributed by atoms with Crippen LogP contribution in [0.25, 0.3) is 0 Å². The summed E-state index contributed by atoms with van der Waals surface area (Å²) in [6, 6.07) is 0. The second-order valence-electron chi connectivity index (χ2n) is 53.5. The van der Waals surface area contributed by atoms with E-state index in [0.29, 0.717) is 140 Å². The summed E-state index contributed by atoms with van der Waals surface area (Å²) in [6.45, 7) is 32.4. The molecular weight excluding hydrogens is 1690 g/mol. The van der Waals surface area contributed by atoms with Gasteiger partial charge in [0, 0.05) is 117 Å². The lowest BCUT2D eigenvalue weighted by Gasteiger charge is -2.66. The molecule has 14 N–H and O–H groups in total. The Morgan fingerprint density at radius 2 is 0.394 bits per heavy atom. The van der Waals surface area contributed by atoms with Gasteiger partial charge in [0.1, 0.15) is 0 Å². The van der Waals surface area contributed by atoms with Crippen LogP contribution in [0, 0.1) is 128 Å². The Kier molecular flexibility index (Phi) is 29.6. The Morgan fingerprint density at radius 1 is 0.235 bits per heavy atom. The first-order valence-electron chi connectivity index (χ1n) is 51.5. The maximum absolute atomic E-state index is 12.4. The van der Waals surface area contributed by atoms with Crippen molar-refractivity contribution in [3.8, 4) is 0 Å². The largest absolute Gasteiger partial charge is 0.465 e. The smallest absolute Gasteiger partial charge is 0.311 e. The van der Waals surface area contributed by atoms with Gasteiger partial charge in [0.05, 0.1) is 113 Å². The molecule has 0 aliphatic heterocycles. The summed E-state index contributed by atoms with van der Waals surface area (Å²) in [5.41, 5.74) is -9.94. The maximum atomic E-state index is 12.4. The van der Waals surface area contributed by atoms with E-state index in [2.05, 4.69) is 0 Å². The molecule has 26 nitrogen and oxygen atoms in total. The summed E-state index contributed by atoms with van der Waals surface area (Å²) in [6.07, 6.45) is 32.8. The van der Waals surface area contributed by atoms with Crippen molar-refractivity contribution in [2.75, 3.05) is 85.9 Å². The quantitative estimate of drug-likeness (QED) is 0.0226. The second-order valence-corrected chi connectivity index (χ2v) is 53.5. The zero-order valence-corrected chi connectivity index (χ0v) is 83.6. The first-order chi connectivity index (χ1) is 61.2. The predicted molar refractivity (Wildman–Crippen MR) is 492 cm³/mol. The Labute approximate surface area is 787 Å². The zero-order chi connectivity index (χ0) is 97.1. The van der Waals surface area contributed by atoms with E-state index in [9.17, 15) is 100 Å². The number of aliphatic hydroxyl groups excluding tert-OH is 7. The van der Waals surface area contributed by atoms with E-state index in [-0.39, 0.29) is 173 Å². The lowest BCUT2D eigenvalue weighted by atomic mass is 9.40. The first kappa shape index (κ1) is 106. The highest BCUT2D eigenvalue weighted by Gasteiger charge is 2.72. The minimum atomic E-state index is -1.04. The van der Waals surface area contributed by atoms with Gasteiger partial charge in [-0.1, -0.05) is 62.3 Å². The van der Waals surface area contributed by atoms with E-state index < -0.39 is 66.3 Å². The van der Waals surface area contributed by atoms with Crippen molar-refractivity contribution in [3.63, 3.8) is 0 Å². The highest BCUT2D eigenvalue weighted by molar-refractivity contribution is 5.77. The molecule has 0 aromatic carbocycles. The summed E-state index contributed by atoms with van der Waals surface area (Å²) in [4.78, 5) is 72.9. The van der Waals surface area contributed by atoms with Crippen LogP contribution in [-0.2, 0) is 57.2 Å². The Morgan fingerprint density at radius 3 is 0.598 bits per heavy atom. The molecule has 24 fully saturated rings. The fraction of sp³-hybridized carbons (Fsp3) is 0.943. The molecule has 13 unspecified atom stereocenters. The molecule has 0 aromatic rings. The molecule has 13 atom stereocenters. The lowest BCUT2D eigenvalue weighted by Crippen LogP contribution is -2.70. The molecule has 26 heteroatoms. The third-order valence-corrected chi connectivity index (χ3v) is 38.5. The molecule has 0 heterocycles. The fourth-order valence-electron chi connectivity index (χ4n) is 34.8. The molecule has 756 valence electrons. The molecule has 0 spiro atoms. The fourth-order valence-corrected chi connectivity index (χ4v) is 34.8. The minimum absolute atomic E-state index is 0.0198. The van der Waals surface area contributed by atoms with Crippen LogP contribution in [0.1, 0.15) is 374 Å². The molecule has 0 saturated heterocycles. The number of esters is 6. The molecule has 24 saturated carbocycles. The molecule has 24 aliphatic rings. The van der Waals surface area contributed by atoms with Gasteiger partial charge in [-0.25, -0.2) is 0 Å². The number of carbonyl (C=O) groups is 6. The van der Waals surface area contributed by atoms with Gasteiger partial charge in [-0.3, -0.25) is 28.8 Å². The van der Waals surface area contributed by atoms with Crippen molar-refractivity contribution in [1.82, 2.24) is 0 Å². The number of hydrogen-bond donors (Lipinski definition) is 14. The summed E-state index contributed by atoms with van der Waals surface area (Å²) in [7, 11) is 0. The van der Waals surface area contributed by atoms with Gasteiger partial charge in [0.15, 0.2) is 0 Å². The topological polar surface area (TPSA) is 441 Å². The van der Waals surface area contributed by atoms with E-state index >= 15 is 0 Å². The molecule has 24 bridgehead atoms. The third kappa shape index (κ3) is 21.7. The van der Waals surface area contributed by atoms with Gasteiger partial charge in [0.2, 0.25) is 0 Å². The maximum Gasteiger partial charge on any atom is 0.311 e. The highest BCUT2D eigenvalue weighted by Crippen LogP contribution is 2.75. The van der Waals surface area contributed by atoms with E-state index in [1.54, 1.807) is 0 Å². The molecule has 132 heavy (non-hydrogen) atoms. The van der Waals surface area contributed by atoms with Crippen LogP contribution in [-0.4, -0.2) is 232 Å². The van der Waals surface area contributed by atoms with Gasteiger partial charge in [-0.05, 0) is 334 Å². The zero-order valence-electron chi connectivity index (χ0n) is 83.6. The Hall–Kier alpha value is -3.74. The van der Waals surface area contributed by atoms with Crippen LogP contribution in [0.2, 0.25) is 0 Å². The van der Waals surface area contributed by atoms with Gasteiger partial charge in [-0.15, -0.1) is 0 Å². The van der Waals surface area contributed by atoms with E-state index in [0.717, 1.165) is 180 Å². The summed E-state index contributed by atoms with van der Waals surface area (Å²) in [5, 5.41) is 145. The van der Waals surface area contributed by atoms with Gasteiger partial charge in [-0.2, -0.15) is 0 Å². The van der Waals surface area contributed by atoms with E-state index in [1.165, 1.54) is 0 Å². The van der Waals surface area contributed by atoms with Crippen molar-refractivity contribution >= 4 is 35.8 Å². The van der Waals surface area contributed by atoms with Gasteiger partial charge in [0.25, 0.3) is 0 Å². The predicted octanol–water partition coefficient (Wildman–Crippen LogP) is 13.3. The van der Waals surface area contributed by atoms with Crippen LogP contribution in [0.15, 0.2) is 0 Å². The Balaban J connectivity index is 0.000000135. The van der Waals surface area contributed by atoms with Crippen molar-refractivity contribution in [2.45, 2.75) is 413 Å². The SMILES string of the molecule is CCC(C)(C)C(=O)OCC12CC3(O)CC(O)(CC(O)(C3)C1)C2.CCC(C)(C)C(=O)OCC12CC3CC(CO)(CC(CO)(C3)C1)C2.CCC(C)(C)C(=O)OCC12CC3CC(CO)(CC(CO)(C3)C1)C2.CCC(C)C(=O)OCC12CC3(O)CC(O)(CC(O)(C3)C1)C2.CCC(C)C(=O)OCC12CC3CC(CO)(CC(CO)(C3)C1)C2.CCC(C)C(=O)OCC12CC3CC(O)(CC(CO)(C3)C1)C2. The third-order valence-electron chi connectivity index (χ3n) is 38.5. The first-order valence-corrected chi connectivity index (χ1v) is 51.5. The van der Waals surface area contributed by atoms with Crippen LogP contribution in [0.5, 0.6) is 0 Å². The summed E-state index contributed by atoms with van der Waals surface area (Å²) < 4.78 is 33.7. The molecule has 0 radical (unpaired) electrons. The summed E-state index contributed by atoms with van der Waals surface area (Å²) in [5.74, 6) is 0.946. The summed E-state index contributed by atoms with van der Waals surface area (Å²) >= 11 is 0. The van der Waals surface area contributed by atoms with Crippen molar-refractivity contribution in [3.05, 3.63) is 0 Å². The number of hydrogen-bond acceptors (Lipinski definition) is 26. The molecule has 0 aromatic heterocycles. The van der Waals surface area contributed by atoms with Crippen LogP contribution < -0.4 is 0 Å². The van der Waals surface area contributed by atoms with Crippen molar-refractivity contribution in [1.29, 1.82) is 0 Å². The number of rotatable bonds is 31. The second kappa shape index (κ2) is 37.0. The molecule has 0 amide bonds. The Bertz CT molecular complexity index is 3880. The molecular formula is C106H176O26. The van der Waals surface area contributed by atoms with Crippen LogP contribution >= 0.6 is 0 Å². The molecule has 24 aliphatic carbocycles. The van der Waals surface area contributed by atoms with Gasteiger partial charge >= 0.3 is 35.8 Å². The standard InChI is InChI=1S/2C19H32O4.C18H30O4.C17H28O5.C17H28O4.C16H26O5/c2*1-4-16(2,3)15(22)23-13-19-7-14-5-17(9-19,11-20)8-18(6-14,10-19)12-21;1-3-13(2)15(21)22-12-18-6-14-4-16(8-18,10-19)7-17(5-14,9-18)11-20;1-4-13(2,3)12(18)22-11-14-5-15(19)8-16(20,6-14)10-17(21,7-14)9-15;1-3-12(2)14(19)21-11-16-5-13-4-15(7-16,10-18)8-17(20,6-13)9-16;1-3-11(2)12(17)21-10-13-4-14(18)7-15(19,5-13)9-16(20,6-13)8-14/h2*14,20-21H,4-13H2,1-3H3;13-14,19-20H,3-12H2,1-2H3;19-21H,4-11H2,1-3H3;12-13,18,20H,3-11H2,1-2H3;11,18-20H,3-10H2,1-2H3. The number of ether oxygens (including phenoxy) is 6. The van der Waals surface area contributed by atoms with E-state index in [4.69, 9.17) is 28.4 Å². The van der Waals surface area contributed by atoms with Crippen molar-refractivity contribution in [2.24, 2.45) is 128 Å². The van der Waals surface area contributed by atoms with E-state index in [1.807, 2.05) is 104 Å². The van der Waals surface area contributed by atoms with Crippen molar-refractivity contribution < 1.29 is 129 Å².